The summed E-state index contributed by atoms with van der Waals surface area (Å²) in [6.45, 7) is 1.42. The second-order valence-electron chi connectivity index (χ2n) is 6.42. The molecule has 1 saturated carbocycles. The molecule has 8 heteroatoms. The van der Waals surface area contributed by atoms with Crippen LogP contribution in [0.1, 0.15) is 25.7 Å². The topological polar surface area (TPSA) is 74.8 Å². The molecule has 2 aliphatic heterocycles. The van der Waals surface area contributed by atoms with E-state index in [0.717, 1.165) is 12.8 Å². The molecule has 0 radical (unpaired) electrons. The first kappa shape index (κ1) is 14.7. The molecule has 3 rings (SSSR count). The third-order valence-electron chi connectivity index (χ3n) is 4.43. The summed E-state index contributed by atoms with van der Waals surface area (Å²) in [7, 11) is -4.54. The van der Waals surface area contributed by atoms with Gasteiger partial charge in [-0.2, -0.15) is 8.42 Å². The molecule has 0 aromatic heterocycles. The Morgan fingerprint density at radius 2 is 1.71 bits per heavy atom. The number of hydrogen-bond donors (Lipinski definition) is 0. The standard InChI is InChI=1S/C13H19FN2O4S/c14-21(19,20)8-10-4-12(17)15(6-10)5-9-3-13(18)16(7-9)11-1-2-11/h9-11H,1-8H2. The molecule has 2 amide bonds. The molecule has 2 atom stereocenters. The summed E-state index contributed by atoms with van der Waals surface area (Å²) in [4.78, 5) is 27.2. The Bertz CT molecular complexity index is 561. The number of nitrogens with zero attached hydrogens (tertiary/aromatic N) is 2. The van der Waals surface area contributed by atoms with Gasteiger partial charge in [-0.25, -0.2) is 0 Å². The Morgan fingerprint density at radius 3 is 2.33 bits per heavy atom. The maximum absolute atomic E-state index is 12.7. The van der Waals surface area contributed by atoms with Crippen LogP contribution in [0.3, 0.4) is 0 Å². The van der Waals surface area contributed by atoms with Crippen molar-refractivity contribution in [2.45, 2.75) is 31.7 Å². The lowest BCUT2D eigenvalue weighted by atomic mass is 10.1. The van der Waals surface area contributed by atoms with Crippen molar-refractivity contribution in [3.63, 3.8) is 0 Å². The Balaban J connectivity index is 1.54. The summed E-state index contributed by atoms with van der Waals surface area (Å²) in [6, 6.07) is 0.390. The first-order valence-electron chi connectivity index (χ1n) is 7.31. The minimum atomic E-state index is -4.54. The van der Waals surface area contributed by atoms with Gasteiger partial charge < -0.3 is 9.80 Å². The number of carbonyl (C=O) groups excluding carboxylic acids is 2. The van der Waals surface area contributed by atoms with E-state index in [9.17, 15) is 21.9 Å². The van der Waals surface area contributed by atoms with E-state index >= 15 is 0 Å². The first-order valence-corrected chi connectivity index (χ1v) is 8.86. The first-order chi connectivity index (χ1) is 9.82. The Kier molecular flexibility index (Phi) is 3.67. The lowest BCUT2D eigenvalue weighted by molar-refractivity contribution is -0.129. The van der Waals surface area contributed by atoms with Crippen molar-refractivity contribution in [1.82, 2.24) is 9.80 Å². The van der Waals surface area contributed by atoms with E-state index in [1.165, 1.54) is 0 Å². The lowest BCUT2D eigenvalue weighted by Crippen LogP contribution is -2.33. The Hall–Kier alpha value is -1.18. The zero-order chi connectivity index (χ0) is 15.2. The van der Waals surface area contributed by atoms with Gasteiger partial charge >= 0.3 is 10.2 Å². The fourth-order valence-electron chi connectivity index (χ4n) is 3.41. The van der Waals surface area contributed by atoms with E-state index in [2.05, 4.69) is 0 Å². The summed E-state index contributed by atoms with van der Waals surface area (Å²) in [6.07, 6.45) is 2.66. The number of hydrogen-bond acceptors (Lipinski definition) is 4. The highest BCUT2D eigenvalue weighted by atomic mass is 32.3. The fraction of sp³-hybridized carbons (Fsp3) is 0.846. The number of carbonyl (C=O) groups is 2. The van der Waals surface area contributed by atoms with Crippen LogP contribution in [0.4, 0.5) is 3.89 Å². The van der Waals surface area contributed by atoms with Gasteiger partial charge in [0.05, 0.1) is 5.75 Å². The van der Waals surface area contributed by atoms with Gasteiger partial charge in [0, 0.05) is 50.4 Å². The molecular formula is C13H19FN2O4S. The third kappa shape index (κ3) is 3.53. The maximum Gasteiger partial charge on any atom is 0.302 e. The molecule has 0 aromatic rings. The SMILES string of the molecule is O=C1CC(CS(=O)(=O)F)CN1CC1CC(=O)N(C2CC2)C1. The Morgan fingerprint density at radius 1 is 1.05 bits per heavy atom. The van der Waals surface area contributed by atoms with Gasteiger partial charge in [0.15, 0.2) is 0 Å². The minimum Gasteiger partial charge on any atom is -0.342 e. The molecular weight excluding hydrogens is 299 g/mol. The maximum atomic E-state index is 12.7. The summed E-state index contributed by atoms with van der Waals surface area (Å²) in [5.41, 5.74) is 0. The zero-order valence-electron chi connectivity index (χ0n) is 11.7. The van der Waals surface area contributed by atoms with Gasteiger partial charge in [0.25, 0.3) is 0 Å². The molecule has 0 aromatic carbocycles. The van der Waals surface area contributed by atoms with Crippen molar-refractivity contribution >= 4 is 22.0 Å². The molecule has 2 heterocycles. The molecule has 0 spiro atoms. The van der Waals surface area contributed by atoms with Crippen LogP contribution in [-0.2, 0) is 19.8 Å². The average molecular weight is 318 g/mol. The summed E-state index contributed by atoms with van der Waals surface area (Å²) in [5.74, 6) is -0.933. The molecule has 0 N–H and O–H groups in total. The van der Waals surface area contributed by atoms with Crippen molar-refractivity contribution in [3.8, 4) is 0 Å². The number of rotatable bonds is 5. The lowest BCUT2D eigenvalue weighted by Gasteiger charge is -2.21. The molecule has 1 aliphatic carbocycles. The number of likely N-dealkylation sites (tertiary alicyclic amines) is 2. The second-order valence-corrected chi connectivity index (χ2v) is 7.83. The van der Waals surface area contributed by atoms with Gasteiger partial charge in [-0.3, -0.25) is 9.59 Å². The van der Waals surface area contributed by atoms with Gasteiger partial charge in [-0.1, -0.05) is 0 Å². The molecule has 0 bridgehead atoms. The quantitative estimate of drug-likeness (QED) is 0.676. The van der Waals surface area contributed by atoms with Crippen LogP contribution in [0.5, 0.6) is 0 Å². The molecule has 6 nitrogen and oxygen atoms in total. The van der Waals surface area contributed by atoms with E-state index in [1.807, 2.05) is 4.90 Å². The molecule has 2 saturated heterocycles. The number of halogens is 1. The van der Waals surface area contributed by atoms with Crippen molar-refractivity contribution in [2.75, 3.05) is 25.4 Å². The summed E-state index contributed by atoms with van der Waals surface area (Å²) < 4.78 is 34.0. The molecule has 21 heavy (non-hydrogen) atoms. The van der Waals surface area contributed by atoms with Crippen LogP contribution in [-0.4, -0.2) is 61.5 Å². The third-order valence-corrected chi connectivity index (χ3v) is 5.30. The van der Waals surface area contributed by atoms with Gasteiger partial charge in [-0.15, -0.1) is 3.89 Å². The number of amides is 2. The molecule has 2 unspecified atom stereocenters. The largest absolute Gasteiger partial charge is 0.342 e. The smallest absolute Gasteiger partial charge is 0.302 e. The van der Waals surface area contributed by atoms with Crippen molar-refractivity contribution in [1.29, 1.82) is 0 Å². The van der Waals surface area contributed by atoms with Crippen LogP contribution in [0.25, 0.3) is 0 Å². The zero-order valence-corrected chi connectivity index (χ0v) is 12.5. The van der Waals surface area contributed by atoms with Crippen molar-refractivity contribution in [3.05, 3.63) is 0 Å². The fourth-order valence-corrected chi connectivity index (χ4v) is 4.19. The van der Waals surface area contributed by atoms with E-state index < -0.39 is 21.9 Å². The summed E-state index contributed by atoms with van der Waals surface area (Å²) in [5, 5.41) is 0. The highest BCUT2D eigenvalue weighted by molar-refractivity contribution is 7.86. The monoisotopic (exact) mass is 318 g/mol. The summed E-state index contributed by atoms with van der Waals surface area (Å²) >= 11 is 0. The van der Waals surface area contributed by atoms with Crippen LogP contribution in [0.15, 0.2) is 0 Å². The van der Waals surface area contributed by atoms with Gasteiger partial charge in [0.2, 0.25) is 11.8 Å². The van der Waals surface area contributed by atoms with E-state index in [1.54, 1.807) is 4.90 Å². The molecule has 3 aliphatic rings. The molecule has 3 fully saturated rings. The minimum absolute atomic E-state index is 0.0795. The highest BCUT2D eigenvalue weighted by Gasteiger charge is 2.41. The van der Waals surface area contributed by atoms with Gasteiger partial charge in [-0.05, 0) is 12.8 Å². The second kappa shape index (κ2) is 5.23. The van der Waals surface area contributed by atoms with Crippen molar-refractivity contribution in [2.24, 2.45) is 11.8 Å². The normalized spacial score (nSPS) is 30.5. The van der Waals surface area contributed by atoms with E-state index in [4.69, 9.17) is 0 Å². The van der Waals surface area contributed by atoms with Crippen LogP contribution in [0, 0.1) is 11.8 Å². The average Bonchev–Trinajstić information content (AvgIpc) is 3.04. The van der Waals surface area contributed by atoms with Crippen LogP contribution in [0.2, 0.25) is 0 Å². The predicted octanol–water partition coefficient (Wildman–Crippen LogP) is 0.145. The van der Waals surface area contributed by atoms with Crippen LogP contribution >= 0.6 is 0 Å². The highest BCUT2D eigenvalue weighted by Crippen LogP contribution is 2.33. The van der Waals surface area contributed by atoms with Crippen LogP contribution < -0.4 is 0 Å². The van der Waals surface area contributed by atoms with Crippen molar-refractivity contribution < 1.29 is 21.9 Å². The molecule has 118 valence electrons. The van der Waals surface area contributed by atoms with E-state index in [-0.39, 0.29) is 30.7 Å². The van der Waals surface area contributed by atoms with E-state index in [0.29, 0.717) is 25.6 Å². The predicted molar refractivity (Wildman–Crippen MR) is 72.4 cm³/mol. The van der Waals surface area contributed by atoms with Gasteiger partial charge in [0.1, 0.15) is 0 Å². The Labute approximate surface area is 123 Å².